The van der Waals surface area contributed by atoms with Gasteiger partial charge in [0.1, 0.15) is 0 Å². The lowest BCUT2D eigenvalue weighted by Gasteiger charge is -2.36. The van der Waals surface area contributed by atoms with Crippen LogP contribution in [0.4, 0.5) is 11.4 Å². The Labute approximate surface area is 314 Å². The van der Waals surface area contributed by atoms with E-state index in [0.29, 0.717) is 60.9 Å². The van der Waals surface area contributed by atoms with Gasteiger partial charge in [-0.2, -0.15) is 0 Å². The Balaban J connectivity index is 1.02. The second-order valence-electron chi connectivity index (χ2n) is 13.0. The van der Waals surface area contributed by atoms with Gasteiger partial charge in [0.25, 0.3) is 0 Å². The molecule has 11 heteroatoms. The van der Waals surface area contributed by atoms with E-state index >= 15 is 0 Å². The van der Waals surface area contributed by atoms with Crippen molar-refractivity contribution >= 4 is 35.0 Å². The molecule has 0 radical (unpaired) electrons. The number of nitrogens with two attached hydrogens (primary N) is 1. The summed E-state index contributed by atoms with van der Waals surface area (Å²) in [5, 5.41) is 16.1. The fraction of sp³-hybridized carbons (Fsp3) is 0.286. The first-order valence-corrected chi connectivity index (χ1v) is 18.9. The molecule has 2 amide bonds. The van der Waals surface area contributed by atoms with Gasteiger partial charge < -0.3 is 30.9 Å². The Morgan fingerprint density at radius 3 is 2.28 bits per heavy atom. The van der Waals surface area contributed by atoms with Crippen LogP contribution in [0.15, 0.2) is 121 Å². The molecule has 10 nitrogen and oxygen atoms in total. The molecular weight excluding hydrogens is 687 g/mol. The highest BCUT2D eigenvalue weighted by Crippen LogP contribution is 2.40. The number of amides is 2. The highest BCUT2D eigenvalue weighted by molar-refractivity contribution is 7.99. The van der Waals surface area contributed by atoms with E-state index in [1.54, 1.807) is 42.4 Å². The summed E-state index contributed by atoms with van der Waals surface area (Å²) in [5.41, 5.74) is 12.9. The summed E-state index contributed by atoms with van der Waals surface area (Å²) >= 11 is 1.56. The van der Waals surface area contributed by atoms with Crippen molar-refractivity contribution in [1.29, 1.82) is 0 Å². The topological polar surface area (TPSA) is 149 Å². The van der Waals surface area contributed by atoms with E-state index in [9.17, 15) is 14.7 Å². The third-order valence-electron chi connectivity index (χ3n) is 9.01. The number of thioether (sulfide) groups is 1. The second-order valence-corrected chi connectivity index (χ2v) is 14.0. The molecule has 274 valence electrons. The van der Waals surface area contributed by atoms with Gasteiger partial charge in [-0.3, -0.25) is 9.59 Å². The number of carbonyl (C=O) groups is 2. The minimum atomic E-state index is -0.590. The van der Waals surface area contributed by atoms with Crippen molar-refractivity contribution in [3.8, 4) is 11.1 Å². The normalized spacial score (nSPS) is 16.9. The van der Waals surface area contributed by atoms with Crippen LogP contribution in [0.1, 0.15) is 73.2 Å². The zero-order valence-electron chi connectivity index (χ0n) is 29.5. The summed E-state index contributed by atoms with van der Waals surface area (Å²) in [4.78, 5) is 33.6. The van der Waals surface area contributed by atoms with Crippen molar-refractivity contribution in [1.82, 2.24) is 15.3 Å². The van der Waals surface area contributed by atoms with Crippen molar-refractivity contribution in [3.63, 3.8) is 0 Å². The maximum absolute atomic E-state index is 12.6. The number of nitrogen functional groups attached to an aromatic ring is 1. The van der Waals surface area contributed by atoms with Crippen molar-refractivity contribution in [3.05, 3.63) is 138 Å². The largest absolute Gasteiger partial charge is 0.397 e. The summed E-state index contributed by atoms with van der Waals surface area (Å²) < 4.78 is 13.1. The zero-order chi connectivity index (χ0) is 36.8. The Morgan fingerprint density at radius 1 is 0.774 bits per heavy atom. The summed E-state index contributed by atoms with van der Waals surface area (Å²) in [7, 11) is 0. The molecule has 0 saturated carbocycles. The van der Waals surface area contributed by atoms with Gasteiger partial charge in [-0.1, -0.05) is 91.0 Å². The van der Waals surface area contributed by atoms with Gasteiger partial charge in [0.05, 0.1) is 30.2 Å². The number of aromatic nitrogens is 2. The Morgan fingerprint density at radius 2 is 1.51 bits per heavy atom. The van der Waals surface area contributed by atoms with Gasteiger partial charge in [0.15, 0.2) is 11.4 Å². The Bertz CT molecular complexity index is 1940. The van der Waals surface area contributed by atoms with E-state index in [4.69, 9.17) is 15.2 Å². The number of nitrogens with one attached hydrogen (secondary N) is 2. The average molecular weight is 732 g/mol. The molecule has 6 rings (SSSR count). The Kier molecular flexibility index (Phi) is 13.6. The molecule has 0 aliphatic carbocycles. The van der Waals surface area contributed by atoms with Crippen LogP contribution >= 0.6 is 11.8 Å². The minimum Gasteiger partial charge on any atom is -0.397 e. The van der Waals surface area contributed by atoms with Gasteiger partial charge in [-0.25, -0.2) is 9.97 Å². The quantitative estimate of drug-likeness (QED) is 0.0346. The van der Waals surface area contributed by atoms with Crippen LogP contribution in [0.3, 0.4) is 0 Å². The third-order valence-corrected chi connectivity index (χ3v) is 10.0. The molecule has 53 heavy (non-hydrogen) atoms. The lowest BCUT2D eigenvalue weighted by Crippen LogP contribution is -2.31. The van der Waals surface area contributed by atoms with Gasteiger partial charge in [0, 0.05) is 49.5 Å². The number of rotatable bonds is 16. The highest BCUT2D eigenvalue weighted by Gasteiger charge is 2.32. The van der Waals surface area contributed by atoms with Crippen LogP contribution in [0.2, 0.25) is 0 Å². The number of ether oxygens (including phenoxy) is 2. The Hall–Kier alpha value is -5.07. The van der Waals surface area contributed by atoms with Crippen LogP contribution in [-0.4, -0.2) is 38.7 Å². The number of hydrogen-bond donors (Lipinski definition) is 4. The van der Waals surface area contributed by atoms with E-state index in [2.05, 4.69) is 44.9 Å². The molecule has 5 aromatic rings. The van der Waals surface area contributed by atoms with Crippen LogP contribution in [0.25, 0.3) is 11.1 Å². The van der Waals surface area contributed by atoms with E-state index in [-0.39, 0.29) is 30.6 Å². The molecule has 2 heterocycles. The summed E-state index contributed by atoms with van der Waals surface area (Å²) in [5.74, 6) is 0.575. The van der Waals surface area contributed by atoms with Crippen molar-refractivity contribution in [2.24, 2.45) is 0 Å². The third kappa shape index (κ3) is 11.2. The molecule has 3 atom stereocenters. The molecule has 1 aliphatic heterocycles. The average Bonchev–Trinajstić information content (AvgIpc) is 3.20. The molecule has 3 unspecified atom stereocenters. The molecule has 1 fully saturated rings. The molecular formula is C42H45N5O5S. The number of unbranched alkanes of at least 4 members (excludes halogenated alkanes) is 2. The first-order chi connectivity index (χ1) is 25.9. The van der Waals surface area contributed by atoms with Crippen LogP contribution < -0.4 is 16.4 Å². The predicted molar refractivity (Wildman–Crippen MR) is 207 cm³/mol. The molecule has 4 aromatic carbocycles. The number of anilines is 2. The summed E-state index contributed by atoms with van der Waals surface area (Å²) in [6.45, 7) is 0.410. The highest BCUT2D eigenvalue weighted by atomic mass is 32.2. The first kappa shape index (κ1) is 37.7. The fourth-order valence-corrected chi connectivity index (χ4v) is 6.96. The van der Waals surface area contributed by atoms with Crippen molar-refractivity contribution < 1.29 is 24.2 Å². The number of hydrogen-bond acceptors (Lipinski definition) is 9. The number of aliphatic hydroxyl groups excluding tert-OH is 1. The fourth-order valence-electron chi connectivity index (χ4n) is 6.14. The first-order valence-electron chi connectivity index (χ1n) is 17.9. The lowest BCUT2D eigenvalue weighted by molar-refractivity contribution is -0.245. The molecule has 1 saturated heterocycles. The number of benzene rings is 4. The van der Waals surface area contributed by atoms with Crippen LogP contribution in [-0.2, 0) is 32.2 Å². The maximum atomic E-state index is 12.6. The monoisotopic (exact) mass is 731 g/mol. The van der Waals surface area contributed by atoms with Gasteiger partial charge in [0.2, 0.25) is 11.8 Å². The number of aliphatic hydroxyl groups is 1. The lowest BCUT2D eigenvalue weighted by atomic mass is 9.99. The molecule has 0 spiro atoms. The van der Waals surface area contributed by atoms with Crippen LogP contribution in [0.5, 0.6) is 0 Å². The SMILES string of the molecule is Nc1ccccc1NC(=O)CCCCCC(=O)NCc1cccc(-c2cccc(C3OC(CSc4ncccn4)CC(c4ccc(CO)cc4)O3)c2)c1. The van der Waals surface area contributed by atoms with E-state index in [1.165, 1.54) is 0 Å². The number of carbonyl (C=O) groups excluding carboxylic acids is 2. The molecule has 5 N–H and O–H groups in total. The smallest absolute Gasteiger partial charge is 0.224 e. The number of nitrogens with zero attached hydrogens (tertiary/aromatic N) is 2. The molecule has 0 bridgehead atoms. The summed E-state index contributed by atoms with van der Waals surface area (Å²) in [6.07, 6.45) is 6.22. The van der Waals surface area contributed by atoms with E-state index in [1.807, 2.05) is 60.7 Å². The van der Waals surface area contributed by atoms with E-state index < -0.39 is 6.29 Å². The molecule has 1 aliphatic rings. The maximum Gasteiger partial charge on any atom is 0.224 e. The van der Waals surface area contributed by atoms with Gasteiger partial charge >= 0.3 is 0 Å². The van der Waals surface area contributed by atoms with Gasteiger partial charge in [-0.15, -0.1) is 0 Å². The predicted octanol–water partition coefficient (Wildman–Crippen LogP) is 7.76. The van der Waals surface area contributed by atoms with Gasteiger partial charge in [-0.05, 0) is 71.0 Å². The van der Waals surface area contributed by atoms with Crippen LogP contribution in [0, 0.1) is 0 Å². The number of para-hydroxylation sites is 2. The zero-order valence-corrected chi connectivity index (χ0v) is 30.3. The summed E-state index contributed by atoms with van der Waals surface area (Å²) in [6, 6.07) is 33.2. The standard InChI is InChI=1S/C42H45N5O5S/c43-36-13-4-5-14-37(36)47-40(50)16-3-1-2-15-39(49)46-26-30-9-6-10-32(23-30)33-11-7-12-34(24-33)41-51-35(28-53-42-44-21-8-22-45-42)25-38(52-41)31-19-17-29(27-48)18-20-31/h4-14,17-24,35,38,41,48H,1-3,15-16,25-28,43H2,(H,46,49)(H,47,50). The minimum absolute atomic E-state index is 0.0101. The van der Waals surface area contributed by atoms with E-state index in [0.717, 1.165) is 39.8 Å². The van der Waals surface area contributed by atoms with Crippen molar-refractivity contribution in [2.75, 3.05) is 16.8 Å². The van der Waals surface area contributed by atoms with Crippen molar-refractivity contribution in [2.45, 2.75) is 75.3 Å². The second kappa shape index (κ2) is 19.1. The molecule has 1 aromatic heterocycles.